The van der Waals surface area contributed by atoms with E-state index in [-0.39, 0.29) is 6.61 Å². The van der Waals surface area contributed by atoms with E-state index in [0.29, 0.717) is 13.1 Å². The van der Waals surface area contributed by atoms with E-state index in [0.717, 1.165) is 30.2 Å². The lowest BCUT2D eigenvalue weighted by atomic mass is 10.1. The number of carboxylic acids is 1. The lowest BCUT2D eigenvalue weighted by Gasteiger charge is -2.21. The van der Waals surface area contributed by atoms with Crippen LogP contribution in [0.3, 0.4) is 0 Å². The van der Waals surface area contributed by atoms with E-state index in [1.165, 1.54) is 0 Å². The Morgan fingerprint density at radius 1 is 1.32 bits per heavy atom. The highest BCUT2D eigenvalue weighted by Crippen LogP contribution is 2.13. The third kappa shape index (κ3) is 5.68. The average Bonchev–Trinajstić information content (AvgIpc) is 2.38. The molecule has 2 N–H and O–H groups in total. The average molecular weight is 263 g/mol. The van der Waals surface area contributed by atoms with E-state index in [4.69, 9.17) is 10.2 Å². The third-order valence-corrected chi connectivity index (χ3v) is 2.81. The van der Waals surface area contributed by atoms with Gasteiger partial charge in [0.1, 0.15) is 0 Å². The molecular formula is C15H21NO3. The van der Waals surface area contributed by atoms with Crippen molar-refractivity contribution in [1.29, 1.82) is 0 Å². The van der Waals surface area contributed by atoms with Crippen LogP contribution in [0.2, 0.25) is 0 Å². The Bertz CT molecular complexity index is 423. The normalized spacial score (nSPS) is 11.3. The van der Waals surface area contributed by atoms with Crippen LogP contribution in [0.1, 0.15) is 24.5 Å². The Morgan fingerprint density at radius 2 is 2.05 bits per heavy atom. The summed E-state index contributed by atoms with van der Waals surface area (Å²) in [7, 11) is 0. The second-order valence-electron chi connectivity index (χ2n) is 4.37. The van der Waals surface area contributed by atoms with Crippen molar-refractivity contribution in [2.75, 3.05) is 19.7 Å². The lowest BCUT2D eigenvalue weighted by molar-refractivity contribution is -0.131. The minimum absolute atomic E-state index is 0.132. The van der Waals surface area contributed by atoms with Gasteiger partial charge in [-0.25, -0.2) is 4.79 Å². The fourth-order valence-electron chi connectivity index (χ4n) is 1.97. The van der Waals surface area contributed by atoms with Gasteiger partial charge in [-0.1, -0.05) is 31.2 Å². The minimum atomic E-state index is -0.949. The van der Waals surface area contributed by atoms with E-state index in [9.17, 15) is 4.79 Å². The monoisotopic (exact) mass is 263 g/mol. The number of hydrogen-bond donors (Lipinski definition) is 2. The van der Waals surface area contributed by atoms with Crippen LogP contribution in [0, 0.1) is 0 Å². The number of aliphatic hydroxyl groups excluding tert-OH is 1. The highest BCUT2D eigenvalue weighted by Gasteiger charge is 2.06. The van der Waals surface area contributed by atoms with E-state index >= 15 is 0 Å². The summed E-state index contributed by atoms with van der Waals surface area (Å²) in [5, 5.41) is 17.7. The number of hydrogen-bond acceptors (Lipinski definition) is 3. The summed E-state index contributed by atoms with van der Waals surface area (Å²) in [6, 6.07) is 7.72. The summed E-state index contributed by atoms with van der Waals surface area (Å²) in [6.45, 7) is 4.49. The molecule has 0 aromatic heterocycles. The summed E-state index contributed by atoms with van der Waals surface area (Å²) < 4.78 is 0. The molecule has 0 spiro atoms. The first-order chi connectivity index (χ1) is 9.17. The molecule has 0 atom stereocenters. The molecule has 0 amide bonds. The second kappa shape index (κ2) is 8.45. The van der Waals surface area contributed by atoms with Gasteiger partial charge in [0.25, 0.3) is 0 Å². The lowest BCUT2D eigenvalue weighted by Crippen LogP contribution is -2.27. The minimum Gasteiger partial charge on any atom is -0.478 e. The number of aliphatic hydroxyl groups is 1. The zero-order valence-electron chi connectivity index (χ0n) is 11.2. The Hall–Kier alpha value is -1.65. The molecule has 0 unspecified atom stereocenters. The standard InChI is InChI=1S/C15H21NO3/c1-2-9-16(10-11-17)12-14-6-4-3-5-13(14)7-8-15(18)19/h3-8,17H,2,9-12H2,1H3,(H,18,19)/b8-7+. The van der Waals surface area contributed by atoms with E-state index in [1.807, 2.05) is 24.3 Å². The SMILES string of the molecule is CCCN(CCO)Cc1ccccc1/C=C/C(=O)O. The molecule has 104 valence electrons. The summed E-state index contributed by atoms with van der Waals surface area (Å²) in [6.07, 6.45) is 3.78. The zero-order chi connectivity index (χ0) is 14.1. The quantitative estimate of drug-likeness (QED) is 0.704. The van der Waals surface area contributed by atoms with Crippen molar-refractivity contribution in [3.05, 3.63) is 41.5 Å². The molecule has 0 radical (unpaired) electrons. The van der Waals surface area contributed by atoms with Crippen molar-refractivity contribution in [3.63, 3.8) is 0 Å². The van der Waals surface area contributed by atoms with Crippen molar-refractivity contribution >= 4 is 12.0 Å². The first-order valence-electron chi connectivity index (χ1n) is 6.49. The largest absolute Gasteiger partial charge is 0.478 e. The van der Waals surface area contributed by atoms with E-state index in [1.54, 1.807) is 6.08 Å². The highest BCUT2D eigenvalue weighted by atomic mass is 16.4. The van der Waals surface area contributed by atoms with Crippen molar-refractivity contribution in [3.8, 4) is 0 Å². The van der Waals surface area contributed by atoms with Crippen molar-refractivity contribution < 1.29 is 15.0 Å². The molecule has 4 heteroatoms. The molecule has 0 fully saturated rings. The molecule has 0 aliphatic heterocycles. The van der Waals surface area contributed by atoms with Crippen LogP contribution in [0.4, 0.5) is 0 Å². The Morgan fingerprint density at radius 3 is 2.68 bits per heavy atom. The molecular weight excluding hydrogens is 242 g/mol. The van der Waals surface area contributed by atoms with Gasteiger partial charge in [0.15, 0.2) is 0 Å². The Kier molecular flexibility index (Phi) is 6.85. The van der Waals surface area contributed by atoms with Gasteiger partial charge in [0.05, 0.1) is 6.61 Å². The molecule has 1 aromatic rings. The van der Waals surface area contributed by atoms with Crippen molar-refractivity contribution in [2.24, 2.45) is 0 Å². The molecule has 0 heterocycles. The fraction of sp³-hybridized carbons (Fsp3) is 0.400. The van der Waals surface area contributed by atoms with E-state index in [2.05, 4.69) is 11.8 Å². The van der Waals surface area contributed by atoms with Crippen LogP contribution >= 0.6 is 0 Å². The molecule has 4 nitrogen and oxygen atoms in total. The maximum absolute atomic E-state index is 10.6. The topological polar surface area (TPSA) is 60.8 Å². The maximum Gasteiger partial charge on any atom is 0.328 e. The summed E-state index contributed by atoms with van der Waals surface area (Å²) >= 11 is 0. The zero-order valence-corrected chi connectivity index (χ0v) is 11.2. The van der Waals surface area contributed by atoms with Gasteiger partial charge in [-0.3, -0.25) is 4.90 Å². The van der Waals surface area contributed by atoms with Crippen LogP contribution in [-0.2, 0) is 11.3 Å². The van der Waals surface area contributed by atoms with Gasteiger partial charge < -0.3 is 10.2 Å². The van der Waals surface area contributed by atoms with Crippen LogP contribution in [0.5, 0.6) is 0 Å². The smallest absolute Gasteiger partial charge is 0.328 e. The van der Waals surface area contributed by atoms with Crippen molar-refractivity contribution in [1.82, 2.24) is 4.90 Å². The number of nitrogens with zero attached hydrogens (tertiary/aromatic N) is 1. The van der Waals surface area contributed by atoms with Gasteiger partial charge in [0.2, 0.25) is 0 Å². The predicted molar refractivity (Wildman–Crippen MR) is 75.8 cm³/mol. The molecule has 1 rings (SSSR count). The summed E-state index contributed by atoms with van der Waals surface area (Å²) in [5.41, 5.74) is 1.98. The molecule has 0 aliphatic carbocycles. The first kappa shape index (κ1) is 15.4. The van der Waals surface area contributed by atoms with Gasteiger partial charge in [-0.2, -0.15) is 0 Å². The van der Waals surface area contributed by atoms with Crippen molar-refractivity contribution in [2.45, 2.75) is 19.9 Å². The summed E-state index contributed by atoms with van der Waals surface area (Å²) in [5.74, 6) is -0.949. The highest BCUT2D eigenvalue weighted by molar-refractivity contribution is 5.85. The number of carbonyl (C=O) groups is 1. The number of carboxylic acid groups (broad SMARTS) is 1. The number of benzene rings is 1. The van der Waals surface area contributed by atoms with Gasteiger partial charge >= 0.3 is 5.97 Å². The molecule has 1 aromatic carbocycles. The van der Waals surface area contributed by atoms with Gasteiger partial charge in [0, 0.05) is 19.2 Å². The number of aliphatic carboxylic acids is 1. The van der Waals surface area contributed by atoms with E-state index < -0.39 is 5.97 Å². The Labute approximate surface area is 114 Å². The summed E-state index contributed by atoms with van der Waals surface area (Å²) in [4.78, 5) is 12.7. The molecule has 0 saturated carbocycles. The molecule has 0 bridgehead atoms. The second-order valence-corrected chi connectivity index (χ2v) is 4.37. The Balaban J connectivity index is 2.83. The predicted octanol–water partition coefficient (Wildman–Crippen LogP) is 1.99. The molecule has 19 heavy (non-hydrogen) atoms. The molecule has 0 aliphatic rings. The van der Waals surface area contributed by atoms with Crippen LogP contribution in [0.15, 0.2) is 30.3 Å². The molecule has 0 saturated heterocycles. The van der Waals surface area contributed by atoms with Crippen LogP contribution in [-0.4, -0.2) is 40.8 Å². The first-order valence-corrected chi connectivity index (χ1v) is 6.49. The van der Waals surface area contributed by atoms with Gasteiger partial charge in [-0.05, 0) is 30.2 Å². The maximum atomic E-state index is 10.6. The van der Waals surface area contributed by atoms with Crippen LogP contribution in [0.25, 0.3) is 6.08 Å². The van der Waals surface area contributed by atoms with Gasteiger partial charge in [-0.15, -0.1) is 0 Å². The number of rotatable bonds is 8. The fourth-order valence-corrected chi connectivity index (χ4v) is 1.97. The third-order valence-electron chi connectivity index (χ3n) is 2.81. The van der Waals surface area contributed by atoms with Crippen LogP contribution < -0.4 is 0 Å².